The molecule has 4 rings (SSSR count). The summed E-state index contributed by atoms with van der Waals surface area (Å²) in [6.07, 6.45) is 3.48. The molecule has 0 saturated heterocycles. The fourth-order valence-corrected chi connectivity index (χ4v) is 3.25. The summed E-state index contributed by atoms with van der Waals surface area (Å²) in [6, 6.07) is 13.1. The van der Waals surface area contributed by atoms with Gasteiger partial charge in [-0.05, 0) is 54.3 Å². The van der Waals surface area contributed by atoms with Crippen LogP contribution in [0.15, 0.2) is 54.0 Å². The summed E-state index contributed by atoms with van der Waals surface area (Å²) >= 11 is 1.47. The van der Waals surface area contributed by atoms with Crippen LogP contribution in [0.25, 0.3) is 0 Å². The second-order valence-corrected chi connectivity index (χ2v) is 6.27. The molecule has 1 aliphatic heterocycles. The molecule has 0 fully saturated rings. The molecule has 23 heavy (non-hydrogen) atoms. The van der Waals surface area contributed by atoms with E-state index in [1.54, 1.807) is 18.3 Å². The molecule has 1 N–H and O–H groups in total. The van der Waals surface area contributed by atoms with Crippen LogP contribution in [0.3, 0.4) is 0 Å². The van der Waals surface area contributed by atoms with Gasteiger partial charge in [0.25, 0.3) is 5.19 Å². The molecule has 0 saturated carbocycles. The van der Waals surface area contributed by atoms with Crippen LogP contribution in [-0.2, 0) is 6.42 Å². The molecule has 0 amide bonds. The number of hydrogen-bond acceptors (Lipinski definition) is 5. The maximum absolute atomic E-state index is 9.62. The van der Waals surface area contributed by atoms with E-state index in [1.807, 2.05) is 35.7 Å². The van der Waals surface area contributed by atoms with E-state index >= 15 is 0 Å². The fourth-order valence-electron chi connectivity index (χ4n) is 2.75. The van der Waals surface area contributed by atoms with Crippen molar-refractivity contribution < 1.29 is 14.6 Å². The average molecular weight is 325 g/mol. The Hall–Kier alpha value is -2.53. The van der Waals surface area contributed by atoms with Crippen molar-refractivity contribution in [2.75, 3.05) is 0 Å². The first kappa shape index (κ1) is 14.1. The van der Waals surface area contributed by atoms with Crippen molar-refractivity contribution in [3.8, 4) is 22.4 Å². The maximum Gasteiger partial charge on any atom is 0.278 e. The molecule has 0 radical (unpaired) electrons. The molecular weight excluding hydrogens is 310 g/mol. The fraction of sp³-hybridized carbons (Fsp3) is 0.167. The third kappa shape index (κ3) is 3.00. The van der Waals surface area contributed by atoms with Crippen molar-refractivity contribution in [2.24, 2.45) is 0 Å². The Morgan fingerprint density at radius 2 is 2.17 bits per heavy atom. The zero-order valence-electron chi connectivity index (χ0n) is 12.3. The van der Waals surface area contributed by atoms with Crippen LogP contribution in [0.5, 0.6) is 22.4 Å². The molecule has 5 heteroatoms. The molecule has 1 atom stereocenters. The van der Waals surface area contributed by atoms with E-state index in [2.05, 4.69) is 4.98 Å². The number of benzene rings is 2. The first-order chi connectivity index (χ1) is 11.3. The van der Waals surface area contributed by atoms with E-state index in [-0.39, 0.29) is 11.9 Å². The van der Waals surface area contributed by atoms with E-state index < -0.39 is 0 Å². The van der Waals surface area contributed by atoms with Crippen LogP contribution in [0.4, 0.5) is 0 Å². The quantitative estimate of drug-likeness (QED) is 0.758. The summed E-state index contributed by atoms with van der Waals surface area (Å²) in [5.41, 5.74) is 2.13. The van der Waals surface area contributed by atoms with E-state index in [9.17, 15) is 5.11 Å². The minimum Gasteiger partial charge on any atom is -0.508 e. The first-order valence-corrected chi connectivity index (χ1v) is 8.32. The lowest BCUT2D eigenvalue weighted by Crippen LogP contribution is -2.15. The summed E-state index contributed by atoms with van der Waals surface area (Å²) in [5, 5.41) is 12.1. The van der Waals surface area contributed by atoms with E-state index in [0.717, 1.165) is 35.5 Å². The summed E-state index contributed by atoms with van der Waals surface area (Å²) in [6.45, 7) is 0. The van der Waals surface area contributed by atoms with E-state index in [0.29, 0.717) is 5.19 Å². The summed E-state index contributed by atoms with van der Waals surface area (Å²) in [4.78, 5) is 4.12. The third-order valence-electron chi connectivity index (χ3n) is 3.83. The van der Waals surface area contributed by atoms with E-state index in [4.69, 9.17) is 9.47 Å². The summed E-state index contributed by atoms with van der Waals surface area (Å²) < 4.78 is 11.8. The molecule has 116 valence electrons. The van der Waals surface area contributed by atoms with Gasteiger partial charge >= 0.3 is 0 Å². The number of thiazole rings is 1. The van der Waals surface area contributed by atoms with Gasteiger partial charge in [0.1, 0.15) is 23.4 Å². The number of aryl methyl sites for hydroxylation is 1. The Morgan fingerprint density at radius 3 is 3.00 bits per heavy atom. The number of nitrogens with zero attached hydrogens (tertiary/aromatic N) is 1. The van der Waals surface area contributed by atoms with Gasteiger partial charge in [0.05, 0.1) is 0 Å². The molecule has 2 aromatic carbocycles. The van der Waals surface area contributed by atoms with Crippen molar-refractivity contribution in [1.29, 1.82) is 0 Å². The minimum atomic E-state index is -0.0275. The van der Waals surface area contributed by atoms with Gasteiger partial charge in [-0.15, -0.1) is 0 Å². The van der Waals surface area contributed by atoms with Crippen LogP contribution < -0.4 is 9.47 Å². The van der Waals surface area contributed by atoms with Crippen LogP contribution in [0.2, 0.25) is 0 Å². The van der Waals surface area contributed by atoms with Crippen molar-refractivity contribution >= 4 is 11.3 Å². The van der Waals surface area contributed by atoms with E-state index in [1.165, 1.54) is 11.3 Å². The van der Waals surface area contributed by atoms with Gasteiger partial charge in [0, 0.05) is 11.6 Å². The Balaban J connectivity index is 1.54. The smallest absolute Gasteiger partial charge is 0.278 e. The topological polar surface area (TPSA) is 51.6 Å². The SMILES string of the molecule is Oc1cccc(C2CCc3cc(Oc4nccs4)ccc3O2)c1. The Morgan fingerprint density at radius 1 is 1.22 bits per heavy atom. The van der Waals surface area contributed by atoms with Gasteiger partial charge < -0.3 is 14.6 Å². The lowest BCUT2D eigenvalue weighted by atomic mass is 9.97. The van der Waals surface area contributed by atoms with Crippen LogP contribution >= 0.6 is 11.3 Å². The molecule has 1 unspecified atom stereocenters. The number of hydrogen-bond donors (Lipinski definition) is 1. The van der Waals surface area contributed by atoms with Crippen molar-refractivity contribution in [1.82, 2.24) is 4.98 Å². The molecule has 2 heterocycles. The highest BCUT2D eigenvalue weighted by Crippen LogP contribution is 2.38. The van der Waals surface area contributed by atoms with Gasteiger partial charge in [-0.2, -0.15) is 0 Å². The van der Waals surface area contributed by atoms with Crippen molar-refractivity contribution in [3.63, 3.8) is 0 Å². The molecule has 4 nitrogen and oxygen atoms in total. The number of phenolic OH excluding ortho intramolecular Hbond substituents is 1. The highest BCUT2D eigenvalue weighted by atomic mass is 32.1. The number of aromatic hydroxyl groups is 1. The molecule has 0 bridgehead atoms. The van der Waals surface area contributed by atoms with Crippen molar-refractivity contribution in [2.45, 2.75) is 18.9 Å². The number of aromatic nitrogens is 1. The zero-order chi connectivity index (χ0) is 15.6. The molecule has 3 aromatic rings. The lowest BCUT2D eigenvalue weighted by molar-refractivity contribution is 0.176. The maximum atomic E-state index is 9.62. The largest absolute Gasteiger partial charge is 0.508 e. The Bertz CT molecular complexity index is 817. The normalized spacial score (nSPS) is 16.4. The van der Waals surface area contributed by atoms with Gasteiger partial charge in [-0.25, -0.2) is 4.98 Å². The zero-order valence-corrected chi connectivity index (χ0v) is 13.1. The second kappa shape index (κ2) is 5.93. The number of fused-ring (bicyclic) bond motifs is 1. The van der Waals surface area contributed by atoms with Gasteiger partial charge in [-0.3, -0.25) is 0 Å². The minimum absolute atomic E-state index is 0.0275. The second-order valence-electron chi connectivity index (χ2n) is 5.41. The number of rotatable bonds is 3. The number of ether oxygens (including phenoxy) is 2. The van der Waals surface area contributed by atoms with Crippen LogP contribution in [0.1, 0.15) is 23.7 Å². The van der Waals surface area contributed by atoms with Gasteiger partial charge in [0.2, 0.25) is 0 Å². The van der Waals surface area contributed by atoms with Crippen LogP contribution in [-0.4, -0.2) is 10.1 Å². The van der Waals surface area contributed by atoms with Crippen molar-refractivity contribution in [3.05, 3.63) is 65.2 Å². The standard InChI is InChI=1S/C18H15NO3S/c20-14-3-1-2-12(10-14)16-6-4-13-11-15(5-7-17(13)22-16)21-18-19-8-9-23-18/h1-3,5,7-11,16,20H,4,6H2. The predicted molar refractivity (Wildman–Crippen MR) is 88.4 cm³/mol. The molecule has 1 aliphatic rings. The van der Waals surface area contributed by atoms with Crippen LogP contribution in [0, 0.1) is 0 Å². The molecule has 0 spiro atoms. The summed E-state index contributed by atoms with van der Waals surface area (Å²) in [5.74, 6) is 1.92. The average Bonchev–Trinajstić information content (AvgIpc) is 3.07. The summed E-state index contributed by atoms with van der Waals surface area (Å²) in [7, 11) is 0. The first-order valence-electron chi connectivity index (χ1n) is 7.44. The van der Waals surface area contributed by atoms with Gasteiger partial charge in [0.15, 0.2) is 0 Å². The Kier molecular flexibility index (Phi) is 3.63. The number of phenols is 1. The molecule has 1 aromatic heterocycles. The monoisotopic (exact) mass is 325 g/mol. The Labute approximate surface area is 138 Å². The lowest BCUT2D eigenvalue weighted by Gasteiger charge is -2.26. The molecular formula is C18H15NO3S. The highest BCUT2D eigenvalue weighted by Gasteiger charge is 2.22. The van der Waals surface area contributed by atoms with Gasteiger partial charge in [-0.1, -0.05) is 23.5 Å². The highest BCUT2D eigenvalue weighted by molar-refractivity contribution is 7.11. The third-order valence-corrected chi connectivity index (χ3v) is 4.48. The molecule has 0 aliphatic carbocycles. The predicted octanol–water partition coefficient (Wildman–Crippen LogP) is 4.71.